The molecule has 1 fully saturated rings. The first-order valence-electron chi connectivity index (χ1n) is 6.63. The SMILES string of the molecule is CC(=O)CC(=O)O[C@]1(C)CC[C@@H](C(C)C)[C@H](O)C1. The summed E-state index contributed by atoms with van der Waals surface area (Å²) >= 11 is 0. The van der Waals surface area contributed by atoms with Gasteiger partial charge in [0.05, 0.1) is 6.10 Å². The lowest BCUT2D eigenvalue weighted by Gasteiger charge is -2.41. The molecule has 1 N–H and O–H groups in total. The van der Waals surface area contributed by atoms with Crippen molar-refractivity contribution in [2.24, 2.45) is 11.8 Å². The van der Waals surface area contributed by atoms with Crippen molar-refractivity contribution in [1.82, 2.24) is 0 Å². The molecular weight excluding hydrogens is 232 g/mol. The first kappa shape index (κ1) is 15.2. The average Bonchev–Trinajstić information content (AvgIpc) is 2.13. The quantitative estimate of drug-likeness (QED) is 0.618. The number of rotatable bonds is 4. The van der Waals surface area contributed by atoms with Crippen LogP contribution in [-0.2, 0) is 14.3 Å². The number of aliphatic hydroxyl groups is 1. The molecule has 3 atom stereocenters. The van der Waals surface area contributed by atoms with E-state index in [2.05, 4.69) is 13.8 Å². The number of hydrogen-bond donors (Lipinski definition) is 1. The zero-order valence-electron chi connectivity index (χ0n) is 11.7. The number of carbonyl (C=O) groups is 2. The number of Topliss-reactive ketones (excluding diaryl/α,β-unsaturated/α-hetero) is 1. The lowest BCUT2D eigenvalue weighted by molar-refractivity contribution is -0.168. The summed E-state index contributed by atoms with van der Waals surface area (Å²) in [6.45, 7) is 7.40. The first-order valence-corrected chi connectivity index (χ1v) is 6.63. The Morgan fingerprint density at radius 1 is 1.44 bits per heavy atom. The van der Waals surface area contributed by atoms with E-state index >= 15 is 0 Å². The highest BCUT2D eigenvalue weighted by Crippen LogP contribution is 2.38. The Morgan fingerprint density at radius 2 is 2.06 bits per heavy atom. The fourth-order valence-electron chi connectivity index (χ4n) is 2.74. The summed E-state index contributed by atoms with van der Waals surface area (Å²) in [6, 6.07) is 0. The summed E-state index contributed by atoms with van der Waals surface area (Å²) in [5, 5.41) is 10.1. The van der Waals surface area contributed by atoms with Gasteiger partial charge in [0.25, 0.3) is 0 Å². The first-order chi connectivity index (χ1) is 8.23. The molecule has 18 heavy (non-hydrogen) atoms. The van der Waals surface area contributed by atoms with Gasteiger partial charge in [0.1, 0.15) is 17.8 Å². The van der Waals surface area contributed by atoms with Gasteiger partial charge in [0, 0.05) is 6.42 Å². The molecule has 0 spiro atoms. The monoisotopic (exact) mass is 256 g/mol. The molecule has 4 nitrogen and oxygen atoms in total. The highest BCUT2D eigenvalue weighted by atomic mass is 16.6. The van der Waals surface area contributed by atoms with Crippen molar-refractivity contribution in [3.8, 4) is 0 Å². The van der Waals surface area contributed by atoms with Gasteiger partial charge in [0.2, 0.25) is 0 Å². The molecule has 0 saturated heterocycles. The van der Waals surface area contributed by atoms with E-state index in [0.29, 0.717) is 12.3 Å². The molecule has 0 radical (unpaired) electrons. The molecule has 1 rings (SSSR count). The van der Waals surface area contributed by atoms with Crippen molar-refractivity contribution in [2.75, 3.05) is 0 Å². The van der Waals surface area contributed by atoms with Crippen LogP contribution in [0, 0.1) is 11.8 Å². The Balaban J connectivity index is 2.57. The van der Waals surface area contributed by atoms with E-state index in [9.17, 15) is 14.7 Å². The van der Waals surface area contributed by atoms with Gasteiger partial charge in [-0.05, 0) is 38.5 Å². The minimum atomic E-state index is -0.628. The Labute approximate surface area is 109 Å². The van der Waals surface area contributed by atoms with Crippen LogP contribution in [0.4, 0.5) is 0 Å². The zero-order chi connectivity index (χ0) is 13.9. The second-order valence-electron chi connectivity index (χ2n) is 6.02. The van der Waals surface area contributed by atoms with Crippen molar-refractivity contribution in [3.63, 3.8) is 0 Å². The van der Waals surface area contributed by atoms with E-state index in [1.807, 2.05) is 6.92 Å². The van der Waals surface area contributed by atoms with Gasteiger partial charge in [-0.15, -0.1) is 0 Å². The summed E-state index contributed by atoms with van der Waals surface area (Å²) in [6.07, 6.45) is 1.44. The third-order valence-electron chi connectivity index (χ3n) is 3.75. The van der Waals surface area contributed by atoms with Crippen LogP contribution in [0.15, 0.2) is 0 Å². The molecule has 0 aromatic heterocycles. The lowest BCUT2D eigenvalue weighted by atomic mass is 9.73. The molecule has 0 heterocycles. The molecule has 1 aliphatic carbocycles. The summed E-state index contributed by atoms with van der Waals surface area (Å²) in [5.41, 5.74) is -0.628. The van der Waals surface area contributed by atoms with Gasteiger partial charge >= 0.3 is 5.97 Å². The second-order valence-corrected chi connectivity index (χ2v) is 6.02. The number of carbonyl (C=O) groups excluding carboxylic acids is 2. The number of ketones is 1. The van der Waals surface area contributed by atoms with E-state index in [4.69, 9.17) is 4.74 Å². The van der Waals surface area contributed by atoms with Crippen molar-refractivity contribution < 1.29 is 19.4 Å². The van der Waals surface area contributed by atoms with E-state index in [0.717, 1.165) is 12.8 Å². The van der Waals surface area contributed by atoms with Crippen molar-refractivity contribution in [3.05, 3.63) is 0 Å². The van der Waals surface area contributed by atoms with Crippen LogP contribution in [-0.4, -0.2) is 28.6 Å². The number of esters is 1. The highest BCUT2D eigenvalue weighted by Gasteiger charge is 2.40. The maximum Gasteiger partial charge on any atom is 0.313 e. The average molecular weight is 256 g/mol. The normalized spacial score (nSPS) is 32.3. The van der Waals surface area contributed by atoms with Crippen LogP contribution in [0.3, 0.4) is 0 Å². The Morgan fingerprint density at radius 3 is 2.50 bits per heavy atom. The van der Waals surface area contributed by atoms with E-state index < -0.39 is 17.7 Å². The standard InChI is InChI=1S/C14H24O4/c1-9(2)11-5-6-14(4,8-12(11)16)18-13(17)7-10(3)15/h9,11-12,16H,5-8H2,1-4H3/t11-,12+,14+/m0/s1. The van der Waals surface area contributed by atoms with Crippen molar-refractivity contribution in [2.45, 2.75) is 65.1 Å². The molecule has 1 saturated carbocycles. The van der Waals surface area contributed by atoms with Gasteiger partial charge in [-0.1, -0.05) is 13.8 Å². The molecule has 0 aliphatic heterocycles. The smallest absolute Gasteiger partial charge is 0.313 e. The molecule has 0 aromatic rings. The fourth-order valence-corrected chi connectivity index (χ4v) is 2.74. The molecule has 0 unspecified atom stereocenters. The van der Waals surface area contributed by atoms with Gasteiger partial charge in [-0.3, -0.25) is 9.59 Å². The van der Waals surface area contributed by atoms with Crippen LogP contribution in [0.5, 0.6) is 0 Å². The summed E-state index contributed by atoms with van der Waals surface area (Å²) in [7, 11) is 0. The summed E-state index contributed by atoms with van der Waals surface area (Å²) in [5.74, 6) is 0.0160. The summed E-state index contributed by atoms with van der Waals surface area (Å²) < 4.78 is 5.37. The predicted octanol–water partition coefficient (Wildman–Crippen LogP) is 2.08. The number of ether oxygens (including phenoxy) is 1. The number of aliphatic hydroxyl groups excluding tert-OH is 1. The molecule has 4 heteroatoms. The molecule has 0 aromatic carbocycles. The van der Waals surface area contributed by atoms with Gasteiger partial charge in [-0.2, -0.15) is 0 Å². The van der Waals surface area contributed by atoms with Crippen LogP contribution in [0.2, 0.25) is 0 Å². The third kappa shape index (κ3) is 4.09. The minimum absolute atomic E-state index is 0.181. The Kier molecular flexibility index (Phi) is 4.91. The molecule has 1 aliphatic rings. The van der Waals surface area contributed by atoms with Crippen LogP contribution >= 0.6 is 0 Å². The van der Waals surface area contributed by atoms with Gasteiger partial charge < -0.3 is 9.84 Å². The zero-order valence-corrected chi connectivity index (χ0v) is 11.7. The number of hydrogen-bond acceptors (Lipinski definition) is 4. The molecule has 0 bridgehead atoms. The Bertz CT molecular complexity index is 324. The lowest BCUT2D eigenvalue weighted by Crippen LogP contribution is -2.44. The van der Waals surface area contributed by atoms with E-state index in [-0.39, 0.29) is 18.1 Å². The highest BCUT2D eigenvalue weighted by molar-refractivity contribution is 5.94. The molecule has 104 valence electrons. The predicted molar refractivity (Wildman–Crippen MR) is 68.0 cm³/mol. The van der Waals surface area contributed by atoms with E-state index in [1.54, 1.807) is 0 Å². The van der Waals surface area contributed by atoms with Gasteiger partial charge in [0.15, 0.2) is 0 Å². The van der Waals surface area contributed by atoms with Crippen LogP contribution in [0.1, 0.15) is 53.4 Å². The van der Waals surface area contributed by atoms with Crippen molar-refractivity contribution >= 4 is 11.8 Å². The second kappa shape index (κ2) is 5.83. The molecular formula is C14H24O4. The largest absolute Gasteiger partial charge is 0.459 e. The van der Waals surface area contributed by atoms with Crippen molar-refractivity contribution in [1.29, 1.82) is 0 Å². The van der Waals surface area contributed by atoms with Crippen LogP contribution in [0.25, 0.3) is 0 Å². The fraction of sp³-hybridized carbons (Fsp3) is 0.857. The molecule has 0 amide bonds. The maximum atomic E-state index is 11.5. The van der Waals surface area contributed by atoms with Crippen LogP contribution < -0.4 is 0 Å². The minimum Gasteiger partial charge on any atom is -0.459 e. The maximum absolute atomic E-state index is 11.5. The van der Waals surface area contributed by atoms with E-state index in [1.165, 1.54) is 6.92 Å². The summed E-state index contributed by atoms with van der Waals surface area (Å²) in [4.78, 5) is 22.4. The van der Waals surface area contributed by atoms with Gasteiger partial charge in [-0.25, -0.2) is 0 Å². The third-order valence-corrected chi connectivity index (χ3v) is 3.75. The topological polar surface area (TPSA) is 63.6 Å². The Hall–Kier alpha value is -0.900.